The number of benzene rings is 2. The Kier molecular flexibility index (Phi) is 6.35. The van der Waals surface area contributed by atoms with E-state index in [0.717, 1.165) is 54.6 Å². The maximum atomic E-state index is 5.85. The van der Waals surface area contributed by atoms with E-state index in [9.17, 15) is 0 Å². The molecule has 2 aromatic carbocycles. The Morgan fingerprint density at radius 3 is 2.57 bits per heavy atom. The average Bonchev–Trinajstić information content (AvgIpc) is 3.08. The predicted molar refractivity (Wildman–Crippen MR) is 119 cm³/mol. The Morgan fingerprint density at radius 1 is 0.933 bits per heavy atom. The van der Waals surface area contributed by atoms with Gasteiger partial charge in [0.05, 0.1) is 32.9 Å². The molecule has 158 valence electrons. The Labute approximate surface area is 177 Å². The van der Waals surface area contributed by atoms with Crippen LogP contribution in [0.15, 0.2) is 48.7 Å². The van der Waals surface area contributed by atoms with Crippen LogP contribution in [-0.2, 0) is 0 Å². The zero-order valence-electron chi connectivity index (χ0n) is 17.9. The van der Waals surface area contributed by atoms with E-state index < -0.39 is 0 Å². The largest absolute Gasteiger partial charge is 0.493 e. The molecule has 0 radical (unpaired) electrons. The smallest absolute Gasteiger partial charge is 0.203 e. The van der Waals surface area contributed by atoms with Crippen LogP contribution < -0.4 is 19.5 Å². The van der Waals surface area contributed by atoms with Gasteiger partial charge >= 0.3 is 0 Å². The number of methoxy groups -OCH3 is 3. The lowest BCUT2D eigenvalue weighted by Gasteiger charge is -2.32. The monoisotopic (exact) mass is 407 g/mol. The molecule has 0 aliphatic carbocycles. The van der Waals surface area contributed by atoms with Crippen molar-refractivity contribution in [3.63, 3.8) is 0 Å². The van der Waals surface area contributed by atoms with E-state index in [2.05, 4.69) is 34.5 Å². The molecule has 1 aromatic heterocycles. The third-order valence-electron chi connectivity index (χ3n) is 5.70. The molecule has 4 rings (SSSR count). The number of nitrogens with zero attached hydrogens (tertiary/aromatic N) is 2. The lowest BCUT2D eigenvalue weighted by atomic mass is 9.95. The Balaban J connectivity index is 1.89. The first-order valence-corrected chi connectivity index (χ1v) is 10.3. The molecule has 1 atom stereocenters. The number of aromatic nitrogens is 1. The molecule has 0 bridgehead atoms. The van der Waals surface area contributed by atoms with Crippen molar-refractivity contribution in [1.29, 1.82) is 0 Å². The summed E-state index contributed by atoms with van der Waals surface area (Å²) >= 11 is 0. The van der Waals surface area contributed by atoms with Crippen LogP contribution in [0.4, 0.5) is 0 Å². The second kappa shape index (κ2) is 9.32. The van der Waals surface area contributed by atoms with Gasteiger partial charge in [-0.15, -0.1) is 0 Å². The van der Waals surface area contributed by atoms with Crippen molar-refractivity contribution in [2.75, 3.05) is 47.5 Å². The van der Waals surface area contributed by atoms with Gasteiger partial charge in [-0.2, -0.15) is 0 Å². The molecular formula is C24H29N3O3. The summed E-state index contributed by atoms with van der Waals surface area (Å²) < 4.78 is 17.0. The van der Waals surface area contributed by atoms with Crippen molar-refractivity contribution >= 4 is 10.9 Å². The Hall–Kier alpha value is -2.83. The van der Waals surface area contributed by atoms with E-state index >= 15 is 0 Å². The van der Waals surface area contributed by atoms with Crippen LogP contribution in [-0.4, -0.2) is 57.4 Å². The standard InChI is InChI=1S/C24H29N3O3/c1-28-21-10-9-19(23(29-2)24(21)30-3)22(27-13-6-11-25-12-14-27)18-15-17-7-4-5-8-20(17)26-16-18/h4-5,7-10,15-16,22,25H,6,11-14H2,1-3H3. The Morgan fingerprint density at radius 2 is 1.77 bits per heavy atom. The number of para-hydroxylation sites is 1. The molecule has 6 nitrogen and oxygen atoms in total. The predicted octanol–water partition coefficient (Wildman–Crippen LogP) is 3.65. The van der Waals surface area contributed by atoms with Crippen LogP contribution >= 0.6 is 0 Å². The molecule has 1 fully saturated rings. The number of fused-ring (bicyclic) bond motifs is 1. The van der Waals surface area contributed by atoms with Gasteiger partial charge in [0.1, 0.15) is 0 Å². The van der Waals surface area contributed by atoms with Crippen LogP contribution in [0.3, 0.4) is 0 Å². The van der Waals surface area contributed by atoms with Gasteiger partial charge in [0.15, 0.2) is 11.5 Å². The van der Waals surface area contributed by atoms with Gasteiger partial charge in [-0.3, -0.25) is 9.88 Å². The van der Waals surface area contributed by atoms with Crippen LogP contribution in [0.2, 0.25) is 0 Å². The molecule has 1 aliphatic rings. The summed E-state index contributed by atoms with van der Waals surface area (Å²) in [7, 11) is 4.97. The van der Waals surface area contributed by atoms with Gasteiger partial charge in [-0.1, -0.05) is 18.2 Å². The molecule has 1 N–H and O–H groups in total. The first-order chi connectivity index (χ1) is 14.8. The van der Waals surface area contributed by atoms with Gasteiger partial charge in [-0.05, 0) is 42.8 Å². The summed E-state index contributed by atoms with van der Waals surface area (Å²) in [6.07, 6.45) is 3.08. The van der Waals surface area contributed by atoms with E-state index in [1.807, 2.05) is 24.4 Å². The number of ether oxygens (including phenoxy) is 3. The van der Waals surface area contributed by atoms with E-state index in [1.165, 1.54) is 0 Å². The average molecular weight is 408 g/mol. The molecule has 1 unspecified atom stereocenters. The van der Waals surface area contributed by atoms with Crippen molar-refractivity contribution in [2.45, 2.75) is 12.5 Å². The zero-order chi connectivity index (χ0) is 20.9. The van der Waals surface area contributed by atoms with E-state index in [0.29, 0.717) is 17.2 Å². The maximum absolute atomic E-state index is 5.85. The van der Waals surface area contributed by atoms with Gasteiger partial charge < -0.3 is 19.5 Å². The third-order valence-corrected chi connectivity index (χ3v) is 5.70. The highest BCUT2D eigenvalue weighted by atomic mass is 16.5. The highest BCUT2D eigenvalue weighted by Gasteiger charge is 2.29. The summed E-state index contributed by atoms with van der Waals surface area (Å²) in [4.78, 5) is 7.23. The van der Waals surface area contributed by atoms with Crippen molar-refractivity contribution in [3.05, 3.63) is 59.8 Å². The number of pyridine rings is 1. The maximum Gasteiger partial charge on any atom is 0.203 e. The molecule has 0 amide bonds. The minimum absolute atomic E-state index is 0.00300. The molecule has 1 saturated heterocycles. The normalized spacial score (nSPS) is 16.1. The topological polar surface area (TPSA) is 55.9 Å². The zero-order valence-corrected chi connectivity index (χ0v) is 17.9. The van der Waals surface area contributed by atoms with Gasteiger partial charge in [-0.25, -0.2) is 0 Å². The van der Waals surface area contributed by atoms with E-state index in [-0.39, 0.29) is 6.04 Å². The van der Waals surface area contributed by atoms with Crippen LogP contribution in [0, 0.1) is 0 Å². The highest BCUT2D eigenvalue weighted by Crippen LogP contribution is 2.45. The second-order valence-corrected chi connectivity index (χ2v) is 7.43. The fourth-order valence-electron chi connectivity index (χ4n) is 4.29. The summed E-state index contributed by atoms with van der Waals surface area (Å²) in [6, 6.07) is 14.5. The van der Waals surface area contributed by atoms with Crippen LogP contribution in [0.1, 0.15) is 23.6 Å². The molecular weight excluding hydrogens is 378 g/mol. The molecule has 0 saturated carbocycles. The number of hydrogen-bond donors (Lipinski definition) is 1. The van der Waals surface area contributed by atoms with Crippen molar-refractivity contribution < 1.29 is 14.2 Å². The molecule has 1 aliphatic heterocycles. The van der Waals surface area contributed by atoms with Gasteiger partial charge in [0.2, 0.25) is 5.75 Å². The summed E-state index contributed by atoms with van der Waals surface area (Å²) in [5.74, 6) is 1.97. The molecule has 30 heavy (non-hydrogen) atoms. The summed E-state index contributed by atoms with van der Waals surface area (Å²) in [6.45, 7) is 3.91. The molecule has 6 heteroatoms. The van der Waals surface area contributed by atoms with E-state index in [4.69, 9.17) is 19.2 Å². The quantitative estimate of drug-likeness (QED) is 0.673. The SMILES string of the molecule is COc1ccc(C(c2cnc3ccccc3c2)N2CCCNCC2)c(OC)c1OC. The lowest BCUT2D eigenvalue weighted by Crippen LogP contribution is -2.33. The first-order valence-electron chi connectivity index (χ1n) is 10.3. The first kappa shape index (κ1) is 20.4. The lowest BCUT2D eigenvalue weighted by molar-refractivity contribution is 0.233. The number of nitrogens with one attached hydrogen (secondary N) is 1. The van der Waals surface area contributed by atoms with Crippen molar-refractivity contribution in [3.8, 4) is 17.2 Å². The van der Waals surface area contributed by atoms with Crippen LogP contribution in [0.5, 0.6) is 17.2 Å². The van der Waals surface area contributed by atoms with Crippen LogP contribution in [0.25, 0.3) is 10.9 Å². The third kappa shape index (κ3) is 3.93. The Bertz CT molecular complexity index is 1000. The number of rotatable bonds is 6. The minimum atomic E-state index is -0.00300. The van der Waals surface area contributed by atoms with E-state index in [1.54, 1.807) is 21.3 Å². The number of hydrogen-bond acceptors (Lipinski definition) is 6. The molecule has 0 spiro atoms. The highest BCUT2D eigenvalue weighted by molar-refractivity contribution is 5.79. The molecule has 3 aromatic rings. The van der Waals surface area contributed by atoms with Crippen molar-refractivity contribution in [1.82, 2.24) is 15.2 Å². The summed E-state index contributed by atoms with van der Waals surface area (Å²) in [5.41, 5.74) is 3.19. The minimum Gasteiger partial charge on any atom is -0.493 e. The summed E-state index contributed by atoms with van der Waals surface area (Å²) in [5, 5.41) is 4.63. The fraction of sp³-hybridized carbons (Fsp3) is 0.375. The second-order valence-electron chi connectivity index (χ2n) is 7.43. The van der Waals surface area contributed by atoms with Gasteiger partial charge in [0, 0.05) is 36.8 Å². The van der Waals surface area contributed by atoms with Gasteiger partial charge in [0.25, 0.3) is 0 Å². The molecule has 2 heterocycles. The van der Waals surface area contributed by atoms with Crippen molar-refractivity contribution in [2.24, 2.45) is 0 Å². The fourth-order valence-corrected chi connectivity index (χ4v) is 4.29.